The lowest BCUT2D eigenvalue weighted by Crippen LogP contribution is -2.28. The van der Waals surface area contributed by atoms with Crippen LogP contribution in [0.25, 0.3) is 0 Å². The minimum absolute atomic E-state index is 0.0656. The van der Waals surface area contributed by atoms with E-state index in [9.17, 15) is 14.7 Å². The van der Waals surface area contributed by atoms with Crippen LogP contribution in [0.5, 0.6) is 0 Å². The van der Waals surface area contributed by atoms with E-state index in [4.69, 9.17) is 9.47 Å². The first kappa shape index (κ1) is 55.4. The molecule has 5 heteroatoms. The number of carbonyl (C=O) groups is 2. The average Bonchev–Trinajstić information content (AvgIpc) is 3.21. The van der Waals surface area contributed by atoms with Crippen LogP contribution in [0.4, 0.5) is 0 Å². The monoisotopic (exact) mass is 803 g/mol. The molecule has 0 spiro atoms. The highest BCUT2D eigenvalue weighted by molar-refractivity contribution is 5.70. The Bertz CT molecular complexity index is 867. The van der Waals surface area contributed by atoms with Gasteiger partial charge in [0.1, 0.15) is 6.61 Å². The SMILES string of the molecule is CCCCCCC/C=C\CCCCCCCC(=O)OCC(CO)OC(=O)CCCCCCCCCCCCCCCCCCC/C=C\CCCCCCCCCC. The molecule has 0 bridgehead atoms. The molecule has 0 rings (SSSR count). The molecular weight excluding hydrogens is 705 g/mol. The Morgan fingerprint density at radius 1 is 0.386 bits per heavy atom. The van der Waals surface area contributed by atoms with Crippen LogP contribution < -0.4 is 0 Å². The molecule has 0 saturated heterocycles. The normalized spacial score (nSPS) is 12.3. The Kier molecular flexibility index (Phi) is 47.4. The predicted octanol–water partition coefficient (Wildman–Crippen LogP) is 16.6. The van der Waals surface area contributed by atoms with E-state index in [0.717, 1.165) is 44.9 Å². The highest BCUT2D eigenvalue weighted by atomic mass is 16.6. The molecule has 0 aromatic rings. The number of hydrogen-bond donors (Lipinski definition) is 1. The van der Waals surface area contributed by atoms with Crippen LogP contribution in [0.3, 0.4) is 0 Å². The van der Waals surface area contributed by atoms with Crippen LogP contribution in [0.1, 0.15) is 277 Å². The van der Waals surface area contributed by atoms with Gasteiger partial charge in [-0.2, -0.15) is 0 Å². The summed E-state index contributed by atoms with van der Waals surface area (Å²) in [5.74, 6) is -0.588. The fourth-order valence-corrected chi connectivity index (χ4v) is 7.61. The summed E-state index contributed by atoms with van der Waals surface area (Å²) in [5, 5.41) is 9.60. The van der Waals surface area contributed by atoms with Gasteiger partial charge in [0.25, 0.3) is 0 Å². The standard InChI is InChI=1S/C52H98O5/c1-3-5-7-9-11-13-15-17-19-20-21-22-23-24-25-26-27-28-29-30-31-32-33-35-37-39-41-43-45-47-52(55)57-50(48-53)49-56-51(54)46-44-42-40-38-36-34-18-16-14-12-10-8-6-4-2/h16,18,20-21,50,53H,3-15,17,19,22-49H2,1-2H3/b18-16-,21-20-. The maximum Gasteiger partial charge on any atom is 0.306 e. The Morgan fingerprint density at radius 3 is 0.947 bits per heavy atom. The van der Waals surface area contributed by atoms with Gasteiger partial charge in [0.2, 0.25) is 0 Å². The Labute approximate surface area is 355 Å². The van der Waals surface area contributed by atoms with E-state index in [0.29, 0.717) is 12.8 Å². The zero-order valence-corrected chi connectivity index (χ0v) is 38.4. The third kappa shape index (κ3) is 46.9. The number of aliphatic hydroxyl groups is 1. The molecule has 0 radical (unpaired) electrons. The van der Waals surface area contributed by atoms with Crippen molar-refractivity contribution in [2.24, 2.45) is 0 Å². The first-order chi connectivity index (χ1) is 28.1. The lowest BCUT2D eigenvalue weighted by atomic mass is 10.0. The van der Waals surface area contributed by atoms with Crippen LogP contribution in [0, 0.1) is 0 Å². The first-order valence-corrected chi connectivity index (χ1v) is 25.4. The van der Waals surface area contributed by atoms with Crippen molar-refractivity contribution in [3.8, 4) is 0 Å². The minimum Gasteiger partial charge on any atom is -0.462 e. The zero-order valence-electron chi connectivity index (χ0n) is 38.4. The molecule has 0 saturated carbocycles. The largest absolute Gasteiger partial charge is 0.462 e. The van der Waals surface area contributed by atoms with Gasteiger partial charge in [-0.3, -0.25) is 9.59 Å². The maximum absolute atomic E-state index is 12.2. The molecule has 0 amide bonds. The molecule has 1 N–H and O–H groups in total. The van der Waals surface area contributed by atoms with Crippen molar-refractivity contribution in [2.45, 2.75) is 283 Å². The summed E-state index contributed by atoms with van der Waals surface area (Å²) in [6, 6.07) is 0. The molecule has 336 valence electrons. The van der Waals surface area contributed by atoms with Gasteiger partial charge in [-0.1, -0.05) is 224 Å². The quantitative estimate of drug-likeness (QED) is 0.0377. The van der Waals surface area contributed by atoms with Crippen molar-refractivity contribution < 1.29 is 24.2 Å². The fourth-order valence-electron chi connectivity index (χ4n) is 7.61. The molecule has 0 heterocycles. The predicted molar refractivity (Wildman–Crippen MR) is 247 cm³/mol. The third-order valence-electron chi connectivity index (χ3n) is 11.5. The van der Waals surface area contributed by atoms with Gasteiger partial charge in [0.15, 0.2) is 6.10 Å². The first-order valence-electron chi connectivity index (χ1n) is 25.4. The molecule has 0 fully saturated rings. The highest BCUT2D eigenvalue weighted by Crippen LogP contribution is 2.16. The fraction of sp³-hybridized carbons (Fsp3) is 0.885. The molecule has 1 atom stereocenters. The summed E-state index contributed by atoms with van der Waals surface area (Å²) in [6.45, 7) is 4.15. The van der Waals surface area contributed by atoms with Crippen molar-refractivity contribution in [3.05, 3.63) is 24.3 Å². The number of carbonyl (C=O) groups excluding carboxylic acids is 2. The molecule has 1 unspecified atom stereocenters. The number of allylic oxidation sites excluding steroid dienone is 4. The van der Waals surface area contributed by atoms with Crippen LogP contribution in [-0.2, 0) is 19.1 Å². The van der Waals surface area contributed by atoms with Crippen molar-refractivity contribution >= 4 is 11.9 Å². The Hall–Kier alpha value is -1.62. The maximum atomic E-state index is 12.2. The van der Waals surface area contributed by atoms with Gasteiger partial charge in [0, 0.05) is 12.8 Å². The molecule has 0 aliphatic heterocycles. The van der Waals surface area contributed by atoms with E-state index in [2.05, 4.69) is 38.2 Å². The van der Waals surface area contributed by atoms with Crippen molar-refractivity contribution in [1.82, 2.24) is 0 Å². The van der Waals surface area contributed by atoms with Gasteiger partial charge in [0.05, 0.1) is 6.61 Å². The Balaban J connectivity index is 3.43. The van der Waals surface area contributed by atoms with E-state index < -0.39 is 6.10 Å². The van der Waals surface area contributed by atoms with Gasteiger partial charge in [-0.25, -0.2) is 0 Å². The van der Waals surface area contributed by atoms with Crippen molar-refractivity contribution in [1.29, 1.82) is 0 Å². The highest BCUT2D eigenvalue weighted by Gasteiger charge is 2.16. The van der Waals surface area contributed by atoms with Crippen LogP contribution in [-0.4, -0.2) is 36.4 Å². The summed E-state index contributed by atoms with van der Waals surface area (Å²) in [4.78, 5) is 24.4. The molecule has 0 aliphatic rings. The number of hydrogen-bond acceptors (Lipinski definition) is 5. The number of esters is 2. The van der Waals surface area contributed by atoms with Crippen molar-refractivity contribution in [2.75, 3.05) is 13.2 Å². The van der Waals surface area contributed by atoms with Gasteiger partial charge in [-0.05, 0) is 64.2 Å². The summed E-state index contributed by atoms with van der Waals surface area (Å²) in [5.41, 5.74) is 0. The van der Waals surface area contributed by atoms with Crippen molar-refractivity contribution in [3.63, 3.8) is 0 Å². The number of rotatable bonds is 47. The third-order valence-corrected chi connectivity index (χ3v) is 11.5. The Morgan fingerprint density at radius 2 is 0.649 bits per heavy atom. The molecule has 5 nitrogen and oxygen atoms in total. The van der Waals surface area contributed by atoms with E-state index in [1.807, 2.05) is 0 Å². The zero-order chi connectivity index (χ0) is 41.4. The van der Waals surface area contributed by atoms with E-state index in [1.54, 1.807) is 0 Å². The molecule has 0 aromatic heterocycles. The molecule has 0 aromatic carbocycles. The van der Waals surface area contributed by atoms with E-state index in [-0.39, 0.29) is 25.2 Å². The van der Waals surface area contributed by atoms with E-state index >= 15 is 0 Å². The van der Waals surface area contributed by atoms with Crippen LogP contribution in [0.15, 0.2) is 24.3 Å². The summed E-state index contributed by atoms with van der Waals surface area (Å²) in [6.07, 6.45) is 60.0. The lowest BCUT2D eigenvalue weighted by Gasteiger charge is -2.15. The smallest absolute Gasteiger partial charge is 0.306 e. The van der Waals surface area contributed by atoms with Gasteiger partial charge >= 0.3 is 11.9 Å². The second kappa shape index (κ2) is 48.7. The lowest BCUT2D eigenvalue weighted by molar-refractivity contribution is -0.161. The number of aliphatic hydroxyl groups excluding tert-OH is 1. The summed E-state index contributed by atoms with van der Waals surface area (Å²) >= 11 is 0. The second-order valence-corrected chi connectivity index (χ2v) is 17.2. The topological polar surface area (TPSA) is 72.8 Å². The average molecular weight is 803 g/mol. The molecule has 57 heavy (non-hydrogen) atoms. The molecular formula is C52H98O5. The van der Waals surface area contributed by atoms with Crippen LogP contribution in [0.2, 0.25) is 0 Å². The summed E-state index contributed by atoms with van der Waals surface area (Å²) in [7, 11) is 0. The number of ether oxygens (including phenoxy) is 2. The van der Waals surface area contributed by atoms with Crippen LogP contribution >= 0.6 is 0 Å². The summed E-state index contributed by atoms with van der Waals surface area (Å²) < 4.78 is 10.7. The minimum atomic E-state index is -0.771. The van der Waals surface area contributed by atoms with Gasteiger partial charge < -0.3 is 14.6 Å². The van der Waals surface area contributed by atoms with E-state index in [1.165, 1.54) is 205 Å². The van der Waals surface area contributed by atoms with Gasteiger partial charge in [-0.15, -0.1) is 0 Å². The second-order valence-electron chi connectivity index (χ2n) is 17.2. The molecule has 0 aliphatic carbocycles. The number of unbranched alkanes of at least 4 members (excludes halogenated alkanes) is 35.